The highest BCUT2D eigenvalue weighted by atomic mass is 16.7. The van der Waals surface area contributed by atoms with Gasteiger partial charge in [0, 0.05) is 11.6 Å². The van der Waals surface area contributed by atoms with Gasteiger partial charge in [-0.05, 0) is 30.3 Å². The van der Waals surface area contributed by atoms with E-state index in [2.05, 4.69) is 10.5 Å². The van der Waals surface area contributed by atoms with E-state index in [9.17, 15) is 14.9 Å². The number of rotatable bonds is 4. The molecule has 0 aliphatic carbocycles. The van der Waals surface area contributed by atoms with Crippen LogP contribution in [0.15, 0.2) is 41.5 Å². The third-order valence-corrected chi connectivity index (χ3v) is 2.49. The van der Waals surface area contributed by atoms with Crippen molar-refractivity contribution in [1.29, 1.82) is 0 Å². The molecule has 2 N–H and O–H groups in total. The van der Waals surface area contributed by atoms with Gasteiger partial charge >= 0.3 is 6.23 Å². The van der Waals surface area contributed by atoms with Crippen LogP contribution >= 0.6 is 0 Å². The summed E-state index contributed by atoms with van der Waals surface area (Å²) in [5, 5.41) is 23.2. The highest BCUT2D eigenvalue weighted by Gasteiger charge is 2.26. The summed E-state index contributed by atoms with van der Waals surface area (Å²) in [5.41, 5.74) is 2.58. The molecule has 104 valence electrons. The zero-order valence-corrected chi connectivity index (χ0v) is 10.2. The monoisotopic (exact) mass is 277 g/mol. The molecule has 8 heteroatoms. The summed E-state index contributed by atoms with van der Waals surface area (Å²) in [4.78, 5) is 21.5. The van der Waals surface area contributed by atoms with Crippen molar-refractivity contribution in [3.8, 4) is 5.75 Å². The molecule has 2 rings (SSSR count). The Kier molecular flexibility index (Phi) is 4.06. The predicted molar refractivity (Wildman–Crippen MR) is 68.9 cm³/mol. The number of nitrogens with one attached hydrogen (secondary N) is 1. The maximum absolute atomic E-state index is 11.6. The van der Waals surface area contributed by atoms with Crippen LogP contribution in [0.2, 0.25) is 0 Å². The minimum absolute atomic E-state index is 0.0559. The molecule has 1 amide bonds. The van der Waals surface area contributed by atoms with Gasteiger partial charge < -0.3 is 9.84 Å². The number of carbonyl (C=O) groups excluding carboxylic acids is 1. The van der Waals surface area contributed by atoms with Gasteiger partial charge in [0.15, 0.2) is 0 Å². The van der Waals surface area contributed by atoms with Gasteiger partial charge in [-0.1, -0.05) is 0 Å². The van der Waals surface area contributed by atoms with E-state index in [-0.39, 0.29) is 5.75 Å². The van der Waals surface area contributed by atoms with Crippen LogP contribution in [-0.4, -0.2) is 34.5 Å². The van der Waals surface area contributed by atoms with Crippen LogP contribution < -0.4 is 5.43 Å². The number of amides is 1. The third-order valence-electron chi connectivity index (χ3n) is 2.49. The van der Waals surface area contributed by atoms with Gasteiger partial charge in [0.1, 0.15) is 11.9 Å². The number of benzene rings is 1. The number of aromatic hydroxyl groups is 1. The quantitative estimate of drug-likeness (QED) is 0.363. The van der Waals surface area contributed by atoms with Crippen LogP contribution in [0.1, 0.15) is 10.4 Å². The first-order valence-electron chi connectivity index (χ1n) is 5.66. The van der Waals surface area contributed by atoms with Crippen molar-refractivity contribution in [1.82, 2.24) is 5.43 Å². The first kappa shape index (κ1) is 13.7. The van der Waals surface area contributed by atoms with Crippen molar-refractivity contribution in [2.45, 2.75) is 12.3 Å². The van der Waals surface area contributed by atoms with E-state index in [0.717, 1.165) is 0 Å². The maximum Gasteiger partial charge on any atom is 0.336 e. The van der Waals surface area contributed by atoms with E-state index >= 15 is 0 Å². The topological polar surface area (TPSA) is 114 Å². The first-order chi connectivity index (χ1) is 9.56. The van der Waals surface area contributed by atoms with E-state index in [4.69, 9.17) is 9.84 Å². The smallest absolute Gasteiger partial charge is 0.336 e. The van der Waals surface area contributed by atoms with Crippen LogP contribution in [0.5, 0.6) is 5.75 Å². The van der Waals surface area contributed by atoms with Gasteiger partial charge in [-0.15, -0.1) is 0 Å². The van der Waals surface area contributed by atoms with Gasteiger partial charge in [0.05, 0.1) is 11.1 Å². The number of carbonyl (C=O) groups is 1. The normalized spacial score (nSPS) is 21.2. The van der Waals surface area contributed by atoms with E-state index < -0.39 is 23.2 Å². The highest BCUT2D eigenvalue weighted by molar-refractivity contribution is 5.94. The van der Waals surface area contributed by atoms with Crippen LogP contribution in [-0.2, 0) is 4.74 Å². The van der Waals surface area contributed by atoms with Crippen molar-refractivity contribution in [3.63, 3.8) is 0 Å². The lowest BCUT2D eigenvalue weighted by atomic mass is 10.2. The fraction of sp³-hybridized carbons (Fsp3) is 0.167. The summed E-state index contributed by atoms with van der Waals surface area (Å²) >= 11 is 0. The molecule has 0 saturated carbocycles. The Morgan fingerprint density at radius 3 is 2.70 bits per heavy atom. The lowest BCUT2D eigenvalue weighted by Gasteiger charge is -2.04. The molecule has 1 aliphatic rings. The lowest BCUT2D eigenvalue weighted by molar-refractivity contribution is -0.558. The molecule has 20 heavy (non-hydrogen) atoms. The summed E-state index contributed by atoms with van der Waals surface area (Å²) in [5.74, 6) is -0.408. The van der Waals surface area contributed by atoms with Crippen LogP contribution in [0, 0.1) is 10.1 Å². The molecular formula is C12H11N3O5. The molecular weight excluding hydrogens is 266 g/mol. The molecule has 0 bridgehead atoms. The number of phenolic OH excluding ortho intramolecular Hbond substituents is 1. The number of ether oxygens (including phenoxy) is 1. The SMILES string of the molecule is O=C(N/N=C/C1C=CC([N+](=O)[O-])O1)c1ccc(O)cc1. The minimum Gasteiger partial charge on any atom is -0.508 e. The van der Waals surface area contributed by atoms with E-state index in [1.54, 1.807) is 0 Å². The Balaban J connectivity index is 1.85. The Morgan fingerprint density at radius 2 is 2.10 bits per heavy atom. The molecule has 0 aromatic heterocycles. The number of hydrazone groups is 1. The lowest BCUT2D eigenvalue weighted by Crippen LogP contribution is -2.23. The summed E-state index contributed by atoms with van der Waals surface area (Å²) in [6.45, 7) is 0. The standard InChI is InChI=1S/C12H11N3O5/c16-9-3-1-8(2-4-9)12(17)14-13-7-10-5-6-11(20-10)15(18)19/h1-7,10-11,16H,(H,14,17)/b13-7+. The molecule has 1 heterocycles. The number of hydrogen-bond acceptors (Lipinski definition) is 6. The molecule has 0 spiro atoms. The summed E-state index contributed by atoms with van der Waals surface area (Å²) in [6.07, 6.45) is 2.20. The zero-order chi connectivity index (χ0) is 14.5. The molecule has 0 fully saturated rings. The van der Waals surface area contributed by atoms with Gasteiger partial charge in [-0.25, -0.2) is 5.43 Å². The molecule has 1 aromatic carbocycles. The Hall–Kier alpha value is -2.74. The Bertz CT molecular complexity index is 567. The van der Waals surface area contributed by atoms with E-state index in [0.29, 0.717) is 5.56 Å². The minimum atomic E-state index is -1.18. The van der Waals surface area contributed by atoms with Crippen LogP contribution in [0.3, 0.4) is 0 Å². The van der Waals surface area contributed by atoms with E-state index in [1.165, 1.54) is 42.6 Å². The summed E-state index contributed by atoms with van der Waals surface area (Å²) < 4.78 is 4.98. The van der Waals surface area contributed by atoms with Crippen LogP contribution in [0.25, 0.3) is 0 Å². The number of hydrogen-bond donors (Lipinski definition) is 2. The zero-order valence-electron chi connectivity index (χ0n) is 10.2. The largest absolute Gasteiger partial charge is 0.508 e. The summed E-state index contributed by atoms with van der Waals surface area (Å²) in [6, 6.07) is 5.64. The van der Waals surface area contributed by atoms with Gasteiger partial charge in [0.25, 0.3) is 5.91 Å². The number of phenols is 1. The average Bonchev–Trinajstić information content (AvgIpc) is 2.88. The Morgan fingerprint density at radius 1 is 1.40 bits per heavy atom. The van der Waals surface area contributed by atoms with Gasteiger partial charge in [-0.2, -0.15) is 5.10 Å². The molecule has 1 aliphatic heterocycles. The van der Waals surface area contributed by atoms with Crippen molar-refractivity contribution in [3.05, 3.63) is 52.1 Å². The third kappa shape index (κ3) is 3.39. The molecule has 8 nitrogen and oxygen atoms in total. The predicted octanol–water partition coefficient (Wildman–Crippen LogP) is 0.666. The number of nitrogens with zero attached hydrogens (tertiary/aromatic N) is 2. The average molecular weight is 277 g/mol. The number of nitro groups is 1. The van der Waals surface area contributed by atoms with Gasteiger partial charge in [0.2, 0.25) is 0 Å². The molecule has 0 radical (unpaired) electrons. The maximum atomic E-state index is 11.6. The van der Waals surface area contributed by atoms with Crippen molar-refractivity contribution < 1.29 is 19.6 Å². The molecule has 2 atom stereocenters. The molecule has 1 aromatic rings. The van der Waals surface area contributed by atoms with Crippen molar-refractivity contribution in [2.24, 2.45) is 5.10 Å². The Labute approximate surface area is 113 Å². The van der Waals surface area contributed by atoms with Crippen LogP contribution in [0.4, 0.5) is 0 Å². The highest BCUT2D eigenvalue weighted by Crippen LogP contribution is 2.10. The van der Waals surface area contributed by atoms with Gasteiger partial charge in [-0.3, -0.25) is 14.9 Å². The second-order valence-electron chi connectivity index (χ2n) is 3.93. The fourth-order valence-electron chi connectivity index (χ4n) is 1.51. The second-order valence-corrected chi connectivity index (χ2v) is 3.93. The molecule has 2 unspecified atom stereocenters. The molecule has 0 saturated heterocycles. The van der Waals surface area contributed by atoms with Crippen molar-refractivity contribution >= 4 is 12.1 Å². The summed E-state index contributed by atoms with van der Waals surface area (Å²) in [7, 11) is 0. The van der Waals surface area contributed by atoms with Crippen molar-refractivity contribution in [2.75, 3.05) is 0 Å². The second kappa shape index (κ2) is 5.93. The van der Waals surface area contributed by atoms with E-state index in [1.807, 2.05) is 0 Å². The first-order valence-corrected chi connectivity index (χ1v) is 5.66. The fourth-order valence-corrected chi connectivity index (χ4v) is 1.51.